The average Bonchev–Trinajstić information content (AvgIpc) is 2.97. The Balaban J connectivity index is 2.06. The molecule has 0 radical (unpaired) electrons. The van der Waals surface area contributed by atoms with Gasteiger partial charge in [-0.25, -0.2) is 4.98 Å². The predicted octanol–water partition coefficient (Wildman–Crippen LogP) is -0.370. The van der Waals surface area contributed by atoms with E-state index in [2.05, 4.69) is 4.98 Å². The molecule has 1 amide bonds. The lowest BCUT2D eigenvalue weighted by Gasteiger charge is -2.17. The Kier molecular flexibility index (Phi) is 3.75. The lowest BCUT2D eigenvalue weighted by Crippen LogP contribution is -2.31. The second-order valence-corrected chi connectivity index (χ2v) is 4.19. The van der Waals surface area contributed by atoms with Gasteiger partial charge in [-0.1, -0.05) is 0 Å². The molecule has 2 heterocycles. The number of nitrogens with zero attached hydrogens (tertiary/aromatic N) is 3. The van der Waals surface area contributed by atoms with Gasteiger partial charge in [0.05, 0.1) is 18.5 Å². The molecule has 1 fully saturated rings. The van der Waals surface area contributed by atoms with Crippen LogP contribution in [0.1, 0.15) is 12.5 Å². The van der Waals surface area contributed by atoms with E-state index in [0.717, 1.165) is 0 Å². The predicted molar refractivity (Wildman–Crippen MR) is 62.3 cm³/mol. The second kappa shape index (κ2) is 5.29. The van der Waals surface area contributed by atoms with Crippen molar-refractivity contribution in [1.29, 1.82) is 0 Å². The summed E-state index contributed by atoms with van der Waals surface area (Å²) in [6.07, 6.45) is 5.80. The zero-order chi connectivity index (χ0) is 12.3. The Morgan fingerprint density at radius 2 is 2.41 bits per heavy atom. The number of carbonyl (C=O) groups is 1. The topological polar surface area (TPSA) is 73.4 Å². The van der Waals surface area contributed by atoms with Gasteiger partial charge < -0.3 is 19.9 Å². The minimum atomic E-state index is 0.0194. The molecule has 94 valence electrons. The molecule has 1 aliphatic heterocycles. The van der Waals surface area contributed by atoms with Crippen molar-refractivity contribution in [2.75, 3.05) is 26.7 Å². The van der Waals surface area contributed by atoms with E-state index >= 15 is 0 Å². The highest BCUT2D eigenvalue weighted by atomic mass is 16.5. The summed E-state index contributed by atoms with van der Waals surface area (Å²) >= 11 is 0. The summed E-state index contributed by atoms with van der Waals surface area (Å²) in [7, 11) is 1.67. The van der Waals surface area contributed by atoms with Gasteiger partial charge in [0.25, 0.3) is 0 Å². The van der Waals surface area contributed by atoms with Crippen molar-refractivity contribution in [3.8, 4) is 0 Å². The first-order valence-corrected chi connectivity index (χ1v) is 5.74. The smallest absolute Gasteiger partial charge is 0.224 e. The molecule has 1 aromatic heterocycles. The lowest BCUT2D eigenvalue weighted by molar-refractivity contribution is -0.130. The molecule has 0 aromatic carbocycles. The van der Waals surface area contributed by atoms with Gasteiger partial charge in [-0.2, -0.15) is 0 Å². The molecule has 2 rings (SSSR count). The Morgan fingerprint density at radius 3 is 3.00 bits per heavy atom. The van der Waals surface area contributed by atoms with Crippen LogP contribution in [0.15, 0.2) is 18.7 Å². The molecular formula is C11H18N4O2. The molecule has 2 atom stereocenters. The van der Waals surface area contributed by atoms with Crippen molar-refractivity contribution in [2.24, 2.45) is 5.73 Å². The number of hydrogen-bond donors (Lipinski definition) is 1. The van der Waals surface area contributed by atoms with Crippen LogP contribution in [0.2, 0.25) is 0 Å². The summed E-state index contributed by atoms with van der Waals surface area (Å²) in [6, 6.07) is 0.143. The minimum absolute atomic E-state index is 0.0194. The van der Waals surface area contributed by atoms with Crippen LogP contribution >= 0.6 is 0 Å². The SMILES string of the molecule is CO[C@H]1CN(C(=O)CCN)C[C@H]1n1ccnc1. The fourth-order valence-corrected chi connectivity index (χ4v) is 2.23. The number of rotatable bonds is 4. The van der Waals surface area contributed by atoms with Crippen molar-refractivity contribution in [2.45, 2.75) is 18.6 Å². The number of amides is 1. The number of likely N-dealkylation sites (tertiary alicyclic amines) is 1. The molecule has 0 saturated carbocycles. The van der Waals surface area contributed by atoms with Gasteiger partial charge in [0.15, 0.2) is 0 Å². The first kappa shape index (κ1) is 12.1. The maximum absolute atomic E-state index is 11.8. The van der Waals surface area contributed by atoms with Crippen LogP contribution in [0.25, 0.3) is 0 Å². The monoisotopic (exact) mass is 238 g/mol. The van der Waals surface area contributed by atoms with E-state index < -0.39 is 0 Å². The van der Waals surface area contributed by atoms with Crippen molar-refractivity contribution in [3.05, 3.63) is 18.7 Å². The van der Waals surface area contributed by atoms with Gasteiger partial charge in [0.2, 0.25) is 5.91 Å². The summed E-state index contributed by atoms with van der Waals surface area (Å²) in [6.45, 7) is 1.68. The normalized spacial score (nSPS) is 24.2. The molecule has 17 heavy (non-hydrogen) atoms. The third-order valence-corrected chi connectivity index (χ3v) is 3.16. The summed E-state index contributed by atoms with van der Waals surface area (Å²) < 4.78 is 7.42. The summed E-state index contributed by atoms with van der Waals surface area (Å²) in [5.41, 5.74) is 5.40. The number of aromatic nitrogens is 2. The van der Waals surface area contributed by atoms with Gasteiger partial charge in [-0.05, 0) is 0 Å². The van der Waals surface area contributed by atoms with E-state index in [1.807, 2.05) is 15.7 Å². The number of nitrogens with two attached hydrogens (primary N) is 1. The first-order valence-electron chi connectivity index (χ1n) is 5.74. The standard InChI is InChI=1S/C11H18N4O2/c1-17-10-7-15(11(16)2-3-12)6-9(10)14-5-4-13-8-14/h4-5,8-10H,2-3,6-7,12H2,1H3/t9-,10+/m1/s1. The Bertz CT molecular complexity index is 366. The van der Waals surface area contributed by atoms with Crippen LogP contribution < -0.4 is 5.73 Å². The van der Waals surface area contributed by atoms with Crippen molar-refractivity contribution >= 4 is 5.91 Å². The van der Waals surface area contributed by atoms with Crippen LogP contribution in [0.3, 0.4) is 0 Å². The fourth-order valence-electron chi connectivity index (χ4n) is 2.23. The highest BCUT2D eigenvalue weighted by Gasteiger charge is 2.35. The molecule has 0 unspecified atom stereocenters. The third-order valence-electron chi connectivity index (χ3n) is 3.16. The molecule has 2 N–H and O–H groups in total. The van der Waals surface area contributed by atoms with Crippen molar-refractivity contribution in [3.63, 3.8) is 0 Å². The highest BCUT2D eigenvalue weighted by Crippen LogP contribution is 2.24. The molecular weight excluding hydrogens is 220 g/mol. The van der Waals surface area contributed by atoms with Gasteiger partial charge >= 0.3 is 0 Å². The second-order valence-electron chi connectivity index (χ2n) is 4.19. The van der Waals surface area contributed by atoms with E-state index in [0.29, 0.717) is 26.1 Å². The van der Waals surface area contributed by atoms with E-state index in [1.165, 1.54) is 0 Å². The fraction of sp³-hybridized carbons (Fsp3) is 0.636. The van der Waals surface area contributed by atoms with Crippen molar-refractivity contribution < 1.29 is 9.53 Å². The number of methoxy groups -OCH3 is 1. The summed E-state index contributed by atoms with van der Waals surface area (Å²) in [4.78, 5) is 17.6. The Hall–Kier alpha value is -1.40. The van der Waals surface area contributed by atoms with Crippen molar-refractivity contribution in [1.82, 2.24) is 14.5 Å². The lowest BCUT2D eigenvalue weighted by atomic mass is 10.2. The summed E-state index contributed by atoms with van der Waals surface area (Å²) in [5.74, 6) is 0.0946. The molecule has 0 aliphatic carbocycles. The van der Waals surface area contributed by atoms with Gasteiger partial charge in [-0.15, -0.1) is 0 Å². The highest BCUT2D eigenvalue weighted by molar-refractivity contribution is 5.76. The molecule has 1 aromatic rings. The number of hydrogen-bond acceptors (Lipinski definition) is 4. The number of ether oxygens (including phenoxy) is 1. The minimum Gasteiger partial charge on any atom is -0.377 e. The number of imidazole rings is 1. The molecule has 0 bridgehead atoms. The van der Waals surface area contributed by atoms with Crippen LogP contribution in [-0.2, 0) is 9.53 Å². The number of carbonyl (C=O) groups excluding carboxylic acids is 1. The van der Waals surface area contributed by atoms with Gasteiger partial charge in [0.1, 0.15) is 0 Å². The Morgan fingerprint density at radius 1 is 1.59 bits per heavy atom. The maximum Gasteiger partial charge on any atom is 0.224 e. The van der Waals surface area contributed by atoms with E-state index in [1.54, 1.807) is 19.6 Å². The first-order chi connectivity index (χ1) is 8.26. The molecule has 0 spiro atoms. The third kappa shape index (κ3) is 2.48. The van der Waals surface area contributed by atoms with Crippen LogP contribution in [0.5, 0.6) is 0 Å². The molecule has 6 heteroatoms. The van der Waals surface area contributed by atoms with E-state index in [4.69, 9.17) is 10.5 Å². The van der Waals surface area contributed by atoms with E-state index in [9.17, 15) is 4.79 Å². The van der Waals surface area contributed by atoms with Crippen LogP contribution in [0.4, 0.5) is 0 Å². The van der Waals surface area contributed by atoms with Gasteiger partial charge in [0, 0.05) is 45.6 Å². The summed E-state index contributed by atoms with van der Waals surface area (Å²) in [5, 5.41) is 0. The van der Waals surface area contributed by atoms with Crippen LogP contribution in [-0.4, -0.2) is 53.2 Å². The maximum atomic E-state index is 11.8. The van der Waals surface area contributed by atoms with E-state index in [-0.39, 0.29) is 18.1 Å². The largest absolute Gasteiger partial charge is 0.377 e. The molecule has 6 nitrogen and oxygen atoms in total. The van der Waals surface area contributed by atoms with Gasteiger partial charge in [-0.3, -0.25) is 4.79 Å². The zero-order valence-electron chi connectivity index (χ0n) is 9.95. The average molecular weight is 238 g/mol. The Labute approximate surface area is 100 Å². The quantitative estimate of drug-likeness (QED) is 0.776. The van der Waals surface area contributed by atoms with Crippen LogP contribution in [0, 0.1) is 0 Å². The molecule has 1 aliphatic rings. The zero-order valence-corrected chi connectivity index (χ0v) is 9.95. The molecule has 1 saturated heterocycles.